The summed E-state index contributed by atoms with van der Waals surface area (Å²) in [7, 11) is -9.07. The molecule has 0 aliphatic heterocycles. The minimum atomic E-state index is -5.44. The van der Waals surface area contributed by atoms with Crippen LogP contribution in [0.4, 0.5) is 0 Å². The van der Waals surface area contributed by atoms with Gasteiger partial charge in [0.25, 0.3) is 20.2 Å². The van der Waals surface area contributed by atoms with Crippen molar-refractivity contribution in [3.8, 4) is 11.1 Å². The molecule has 0 aromatic heterocycles. The second-order valence-electron chi connectivity index (χ2n) is 5.30. The molecular weight excluding hydrogens is 416 g/mol. The number of carbonyl (C=O) groups is 2. The fourth-order valence-electron chi connectivity index (χ4n) is 2.55. The quantitative estimate of drug-likeness (QED) is 0.524. The average Bonchev–Trinajstić information content (AvgIpc) is 2.64. The van der Waals surface area contributed by atoms with E-state index >= 15 is 0 Å². The van der Waals surface area contributed by atoms with Gasteiger partial charge in [0, 0.05) is 0 Å². The predicted octanol–water partition coefficient (Wildman–Crippen LogP) is 1.42. The van der Waals surface area contributed by atoms with E-state index in [1.807, 2.05) is 0 Å². The molecule has 2 aromatic rings. The van der Waals surface area contributed by atoms with Crippen LogP contribution in [0.25, 0.3) is 11.1 Å². The minimum Gasteiger partial charge on any atom is -0.465 e. The number of benzene rings is 2. The van der Waals surface area contributed by atoms with Gasteiger partial charge in [-0.05, 0) is 17.2 Å². The fourth-order valence-corrected chi connectivity index (χ4v) is 4.74. The number of esters is 2. The van der Waals surface area contributed by atoms with Gasteiger partial charge >= 0.3 is 11.9 Å². The molecule has 28 heavy (non-hydrogen) atoms. The summed E-state index contributed by atoms with van der Waals surface area (Å²) in [5, 5.41) is 0. The van der Waals surface area contributed by atoms with E-state index in [1.54, 1.807) is 6.07 Å². The largest absolute Gasteiger partial charge is 0.465 e. The molecule has 0 atom stereocenters. The van der Waals surface area contributed by atoms with Gasteiger partial charge in [-0.3, -0.25) is 9.11 Å². The van der Waals surface area contributed by atoms with Crippen LogP contribution in [0, 0.1) is 0 Å². The van der Waals surface area contributed by atoms with Crippen LogP contribution in [0.15, 0.2) is 46.2 Å². The van der Waals surface area contributed by atoms with Crippen LogP contribution in [-0.4, -0.2) is 52.1 Å². The number of ether oxygens (including phenoxy) is 2. The van der Waals surface area contributed by atoms with Crippen LogP contribution in [0.2, 0.25) is 0 Å². The van der Waals surface area contributed by atoms with Crippen molar-refractivity contribution in [1.82, 2.24) is 0 Å². The number of methoxy groups -OCH3 is 2. The third-order valence-electron chi connectivity index (χ3n) is 3.63. The Morgan fingerprint density at radius 2 is 1.32 bits per heavy atom. The van der Waals surface area contributed by atoms with E-state index in [9.17, 15) is 35.5 Å². The third-order valence-corrected chi connectivity index (χ3v) is 5.62. The van der Waals surface area contributed by atoms with Gasteiger partial charge in [-0.25, -0.2) is 9.59 Å². The summed E-state index contributed by atoms with van der Waals surface area (Å²) in [5.41, 5.74) is -1.83. The first-order valence-corrected chi connectivity index (χ1v) is 10.2. The Balaban J connectivity index is 3.25. The summed E-state index contributed by atoms with van der Waals surface area (Å²) in [6, 6.07) is 8.38. The van der Waals surface area contributed by atoms with Gasteiger partial charge in [0.1, 0.15) is 9.79 Å². The molecule has 2 rings (SSSR count). The highest BCUT2D eigenvalue weighted by Crippen LogP contribution is 2.37. The van der Waals surface area contributed by atoms with Crippen LogP contribution in [0.5, 0.6) is 0 Å². The lowest BCUT2D eigenvalue weighted by Crippen LogP contribution is -2.21. The van der Waals surface area contributed by atoms with E-state index in [2.05, 4.69) is 9.47 Å². The number of hydrogen-bond acceptors (Lipinski definition) is 8. The van der Waals surface area contributed by atoms with Crippen molar-refractivity contribution in [3.63, 3.8) is 0 Å². The lowest BCUT2D eigenvalue weighted by Gasteiger charge is -2.17. The average molecular weight is 430 g/mol. The monoisotopic (exact) mass is 430 g/mol. The second kappa shape index (κ2) is 7.67. The molecule has 0 saturated carbocycles. The van der Waals surface area contributed by atoms with Crippen LogP contribution in [-0.2, 0) is 29.7 Å². The molecule has 0 aliphatic carbocycles. The molecule has 2 aromatic carbocycles. The van der Waals surface area contributed by atoms with Crippen molar-refractivity contribution in [2.24, 2.45) is 0 Å². The lowest BCUT2D eigenvalue weighted by molar-refractivity contribution is 0.0579. The van der Waals surface area contributed by atoms with E-state index in [0.717, 1.165) is 20.3 Å². The van der Waals surface area contributed by atoms with Gasteiger partial charge in [0.15, 0.2) is 0 Å². The lowest BCUT2D eigenvalue weighted by atomic mass is 9.97. The SMILES string of the molecule is COC(=O)c1cc(-c2ccccc2)c(C(=O)OC)c(S(=O)(=O)O)c1S(=O)(=O)O. The Kier molecular flexibility index (Phi) is 5.89. The highest BCUT2D eigenvalue weighted by Gasteiger charge is 2.38. The highest BCUT2D eigenvalue weighted by atomic mass is 32.2. The standard InChI is InChI=1S/C16H14O10S2/c1-25-15(17)11-8-10(9-6-4-3-5-7-9)12(16(18)26-2)14(28(22,23)24)13(11)27(19,20)21/h3-8H,1-2H3,(H,19,20,21)(H,22,23,24). The molecule has 12 heteroatoms. The van der Waals surface area contributed by atoms with E-state index in [4.69, 9.17) is 0 Å². The summed E-state index contributed by atoms with van der Waals surface area (Å²) >= 11 is 0. The van der Waals surface area contributed by atoms with Crippen LogP contribution in [0.1, 0.15) is 20.7 Å². The highest BCUT2D eigenvalue weighted by molar-refractivity contribution is 7.89. The molecule has 0 saturated heterocycles. The Labute approximate surface area is 160 Å². The van der Waals surface area contributed by atoms with E-state index in [-0.39, 0.29) is 11.1 Å². The van der Waals surface area contributed by atoms with E-state index < -0.39 is 53.1 Å². The Hall–Kier alpha value is -2.80. The minimum absolute atomic E-state index is 0.194. The molecule has 0 radical (unpaired) electrons. The number of rotatable bonds is 5. The van der Waals surface area contributed by atoms with Gasteiger partial charge in [0.2, 0.25) is 0 Å². The van der Waals surface area contributed by atoms with Gasteiger partial charge in [-0.1, -0.05) is 30.3 Å². The van der Waals surface area contributed by atoms with Gasteiger partial charge < -0.3 is 9.47 Å². The van der Waals surface area contributed by atoms with Crippen molar-refractivity contribution >= 4 is 32.2 Å². The molecule has 150 valence electrons. The molecular formula is C16H14O10S2. The molecule has 0 aliphatic rings. The zero-order chi connectivity index (χ0) is 21.3. The van der Waals surface area contributed by atoms with Crippen LogP contribution >= 0.6 is 0 Å². The zero-order valence-electron chi connectivity index (χ0n) is 14.4. The van der Waals surface area contributed by atoms with Crippen molar-refractivity contribution in [2.75, 3.05) is 14.2 Å². The molecule has 0 fully saturated rings. The van der Waals surface area contributed by atoms with E-state index in [1.165, 1.54) is 24.3 Å². The number of carbonyl (C=O) groups excluding carboxylic acids is 2. The molecule has 0 spiro atoms. The van der Waals surface area contributed by atoms with E-state index in [0.29, 0.717) is 0 Å². The maximum absolute atomic E-state index is 12.3. The first-order valence-electron chi connectivity index (χ1n) is 7.31. The van der Waals surface area contributed by atoms with Gasteiger partial charge in [-0.15, -0.1) is 0 Å². The molecule has 2 N–H and O–H groups in total. The summed E-state index contributed by atoms with van der Waals surface area (Å²) in [6.45, 7) is 0. The smallest absolute Gasteiger partial charge is 0.339 e. The fraction of sp³-hybridized carbons (Fsp3) is 0.125. The van der Waals surface area contributed by atoms with Gasteiger partial charge in [0.05, 0.1) is 25.3 Å². The molecule has 10 nitrogen and oxygen atoms in total. The second-order valence-corrected chi connectivity index (χ2v) is 8.02. The molecule has 0 amide bonds. The normalized spacial score (nSPS) is 11.7. The first kappa shape index (κ1) is 21.5. The Morgan fingerprint density at radius 3 is 1.75 bits per heavy atom. The summed E-state index contributed by atoms with van der Waals surface area (Å²) < 4.78 is 75.9. The van der Waals surface area contributed by atoms with Crippen LogP contribution in [0.3, 0.4) is 0 Å². The Morgan fingerprint density at radius 1 is 0.821 bits per heavy atom. The molecule has 0 unspecified atom stereocenters. The molecule has 0 bridgehead atoms. The van der Waals surface area contributed by atoms with Crippen molar-refractivity contribution in [1.29, 1.82) is 0 Å². The summed E-state index contributed by atoms with van der Waals surface area (Å²) in [4.78, 5) is 21.4. The third kappa shape index (κ3) is 4.04. The first-order chi connectivity index (χ1) is 12.9. The summed E-state index contributed by atoms with van der Waals surface area (Å²) in [6.07, 6.45) is 0. The van der Waals surface area contributed by atoms with Crippen molar-refractivity contribution < 1.29 is 45.0 Å². The van der Waals surface area contributed by atoms with Crippen LogP contribution < -0.4 is 0 Å². The Bertz CT molecular complexity index is 1150. The number of hydrogen-bond donors (Lipinski definition) is 2. The maximum atomic E-state index is 12.3. The zero-order valence-corrected chi connectivity index (χ0v) is 16.1. The van der Waals surface area contributed by atoms with Crippen molar-refractivity contribution in [3.05, 3.63) is 47.5 Å². The topological polar surface area (TPSA) is 161 Å². The maximum Gasteiger partial charge on any atom is 0.339 e. The summed E-state index contributed by atoms with van der Waals surface area (Å²) in [5.74, 6) is -2.65. The molecule has 0 heterocycles. The predicted molar refractivity (Wildman–Crippen MR) is 94.2 cm³/mol. The van der Waals surface area contributed by atoms with Crippen molar-refractivity contribution in [2.45, 2.75) is 9.79 Å². The van der Waals surface area contributed by atoms with Gasteiger partial charge in [-0.2, -0.15) is 16.8 Å².